The van der Waals surface area contributed by atoms with Gasteiger partial charge in [-0.25, -0.2) is 0 Å². The SMILES string of the molecule is Cc1[nH]c2ccccc2c1C(=O)[C@@H](C)OC(=O)CNC(=O)c1ccccc1. The summed E-state index contributed by atoms with van der Waals surface area (Å²) in [5.41, 5.74) is 2.54. The summed E-state index contributed by atoms with van der Waals surface area (Å²) in [6.07, 6.45) is -0.955. The molecule has 3 aromatic rings. The second-order valence-electron chi connectivity index (χ2n) is 6.22. The number of aromatic amines is 1. The van der Waals surface area contributed by atoms with E-state index in [1.54, 1.807) is 30.3 Å². The molecule has 27 heavy (non-hydrogen) atoms. The fourth-order valence-electron chi connectivity index (χ4n) is 2.93. The molecule has 0 aliphatic carbocycles. The average molecular weight is 364 g/mol. The van der Waals surface area contributed by atoms with Gasteiger partial charge in [0.1, 0.15) is 6.54 Å². The summed E-state index contributed by atoms with van der Waals surface area (Å²) in [5.74, 6) is -1.33. The molecule has 2 N–H and O–H groups in total. The number of amides is 1. The van der Waals surface area contributed by atoms with Crippen LogP contribution in [0, 0.1) is 6.92 Å². The van der Waals surface area contributed by atoms with Crippen molar-refractivity contribution >= 4 is 28.6 Å². The highest BCUT2D eigenvalue weighted by molar-refractivity contribution is 6.11. The Labute approximate surface area is 156 Å². The van der Waals surface area contributed by atoms with Crippen LogP contribution < -0.4 is 5.32 Å². The van der Waals surface area contributed by atoms with Crippen molar-refractivity contribution in [1.29, 1.82) is 0 Å². The molecule has 0 fully saturated rings. The third kappa shape index (κ3) is 4.06. The molecular formula is C21H20N2O4. The molecule has 0 radical (unpaired) electrons. The minimum atomic E-state index is -0.955. The molecule has 138 valence electrons. The summed E-state index contributed by atoms with van der Waals surface area (Å²) >= 11 is 0. The third-order valence-corrected chi connectivity index (χ3v) is 4.25. The number of hydrogen-bond donors (Lipinski definition) is 2. The number of fused-ring (bicyclic) bond motifs is 1. The molecule has 1 amide bonds. The van der Waals surface area contributed by atoms with Gasteiger partial charge in [0.15, 0.2) is 6.10 Å². The Morgan fingerprint density at radius 1 is 1.04 bits per heavy atom. The van der Waals surface area contributed by atoms with Gasteiger partial charge in [-0.2, -0.15) is 0 Å². The Bertz CT molecular complexity index is 992. The highest BCUT2D eigenvalue weighted by Gasteiger charge is 2.24. The zero-order chi connectivity index (χ0) is 19.4. The van der Waals surface area contributed by atoms with Crippen molar-refractivity contribution < 1.29 is 19.1 Å². The fraction of sp³-hybridized carbons (Fsp3) is 0.190. The Balaban J connectivity index is 1.61. The van der Waals surface area contributed by atoms with Crippen LogP contribution in [0.1, 0.15) is 33.3 Å². The zero-order valence-electron chi connectivity index (χ0n) is 15.1. The van der Waals surface area contributed by atoms with Crippen molar-refractivity contribution in [3.05, 3.63) is 71.4 Å². The molecule has 3 rings (SSSR count). The largest absolute Gasteiger partial charge is 0.453 e. The van der Waals surface area contributed by atoms with Crippen molar-refractivity contribution in [2.24, 2.45) is 0 Å². The molecule has 0 saturated heterocycles. The Morgan fingerprint density at radius 3 is 2.44 bits per heavy atom. The van der Waals surface area contributed by atoms with Crippen LogP contribution in [0.5, 0.6) is 0 Å². The molecule has 1 aromatic heterocycles. The number of para-hydroxylation sites is 1. The number of carbonyl (C=O) groups excluding carboxylic acids is 3. The smallest absolute Gasteiger partial charge is 0.326 e. The number of ketones is 1. The Hall–Kier alpha value is -3.41. The minimum Gasteiger partial charge on any atom is -0.453 e. The lowest BCUT2D eigenvalue weighted by molar-refractivity contribution is -0.145. The number of aryl methyl sites for hydroxylation is 1. The first-order chi connectivity index (χ1) is 13.0. The number of carbonyl (C=O) groups is 3. The zero-order valence-corrected chi connectivity index (χ0v) is 15.1. The van der Waals surface area contributed by atoms with Gasteiger partial charge in [0.2, 0.25) is 5.78 Å². The lowest BCUT2D eigenvalue weighted by Crippen LogP contribution is -2.34. The number of aromatic nitrogens is 1. The summed E-state index contributed by atoms with van der Waals surface area (Å²) in [4.78, 5) is 39.9. The first kappa shape index (κ1) is 18.4. The number of hydrogen-bond acceptors (Lipinski definition) is 4. The van der Waals surface area contributed by atoms with E-state index in [4.69, 9.17) is 4.74 Å². The molecular weight excluding hydrogens is 344 g/mol. The number of rotatable bonds is 6. The van der Waals surface area contributed by atoms with E-state index in [9.17, 15) is 14.4 Å². The molecule has 1 atom stereocenters. The summed E-state index contributed by atoms with van der Waals surface area (Å²) < 4.78 is 5.21. The van der Waals surface area contributed by atoms with Crippen molar-refractivity contribution in [3.63, 3.8) is 0 Å². The summed E-state index contributed by atoms with van der Waals surface area (Å²) in [6.45, 7) is 3.03. The van der Waals surface area contributed by atoms with Crippen molar-refractivity contribution in [2.45, 2.75) is 20.0 Å². The van der Waals surface area contributed by atoms with Crippen LogP contribution in [-0.2, 0) is 9.53 Å². The van der Waals surface area contributed by atoms with E-state index >= 15 is 0 Å². The number of esters is 1. The van der Waals surface area contributed by atoms with Crippen LogP contribution in [-0.4, -0.2) is 35.3 Å². The van der Waals surface area contributed by atoms with Gasteiger partial charge in [0.05, 0.1) is 0 Å². The number of nitrogens with one attached hydrogen (secondary N) is 2. The number of Topliss-reactive ketones (excluding diaryl/α,β-unsaturated/α-hetero) is 1. The van der Waals surface area contributed by atoms with Crippen LogP contribution in [0.4, 0.5) is 0 Å². The van der Waals surface area contributed by atoms with Crippen LogP contribution in [0.3, 0.4) is 0 Å². The molecule has 0 aliphatic heterocycles. The van der Waals surface area contributed by atoms with Crippen LogP contribution >= 0.6 is 0 Å². The summed E-state index contributed by atoms with van der Waals surface area (Å²) in [7, 11) is 0. The third-order valence-electron chi connectivity index (χ3n) is 4.25. The molecule has 0 bridgehead atoms. The van der Waals surface area contributed by atoms with Crippen molar-refractivity contribution in [3.8, 4) is 0 Å². The van der Waals surface area contributed by atoms with Gasteiger partial charge >= 0.3 is 5.97 Å². The van der Waals surface area contributed by atoms with Gasteiger partial charge in [-0.3, -0.25) is 14.4 Å². The molecule has 0 saturated carbocycles. The molecule has 2 aromatic carbocycles. The normalized spacial score (nSPS) is 11.8. The van der Waals surface area contributed by atoms with E-state index in [-0.39, 0.29) is 18.2 Å². The van der Waals surface area contributed by atoms with E-state index in [1.807, 2.05) is 31.2 Å². The lowest BCUT2D eigenvalue weighted by atomic mass is 10.0. The fourth-order valence-corrected chi connectivity index (χ4v) is 2.93. The number of ether oxygens (including phenoxy) is 1. The van der Waals surface area contributed by atoms with Gasteiger partial charge in [0.25, 0.3) is 5.91 Å². The van der Waals surface area contributed by atoms with Gasteiger partial charge in [0, 0.05) is 27.7 Å². The molecule has 0 spiro atoms. The topological polar surface area (TPSA) is 88.3 Å². The molecule has 1 heterocycles. The Kier molecular flexibility index (Phi) is 5.35. The molecule has 0 aliphatic rings. The maximum atomic E-state index is 12.8. The van der Waals surface area contributed by atoms with Crippen LogP contribution in [0.15, 0.2) is 54.6 Å². The van der Waals surface area contributed by atoms with E-state index in [1.165, 1.54) is 6.92 Å². The van der Waals surface area contributed by atoms with Gasteiger partial charge in [-0.1, -0.05) is 36.4 Å². The van der Waals surface area contributed by atoms with Crippen molar-refractivity contribution in [1.82, 2.24) is 10.3 Å². The predicted octanol–water partition coefficient (Wildman–Crippen LogP) is 3.02. The minimum absolute atomic E-state index is 0.285. The van der Waals surface area contributed by atoms with E-state index in [2.05, 4.69) is 10.3 Å². The highest BCUT2D eigenvalue weighted by Crippen LogP contribution is 2.23. The molecule has 6 nitrogen and oxygen atoms in total. The molecule has 0 unspecified atom stereocenters. The van der Waals surface area contributed by atoms with E-state index in [0.29, 0.717) is 11.1 Å². The van der Waals surface area contributed by atoms with Gasteiger partial charge < -0.3 is 15.0 Å². The van der Waals surface area contributed by atoms with Gasteiger partial charge in [-0.15, -0.1) is 0 Å². The lowest BCUT2D eigenvalue weighted by Gasteiger charge is -2.13. The quantitative estimate of drug-likeness (QED) is 0.520. The second kappa shape index (κ2) is 7.86. The Morgan fingerprint density at radius 2 is 1.70 bits per heavy atom. The summed E-state index contributed by atoms with van der Waals surface area (Å²) in [6, 6.07) is 16.0. The van der Waals surface area contributed by atoms with E-state index < -0.39 is 12.1 Å². The predicted molar refractivity (Wildman–Crippen MR) is 102 cm³/mol. The standard InChI is InChI=1S/C21H20N2O4/c1-13-19(16-10-6-7-11-17(16)23-13)20(25)14(2)27-18(24)12-22-21(26)15-8-4-3-5-9-15/h3-11,14,23H,12H2,1-2H3,(H,22,26)/t14-/m1/s1. The summed E-state index contributed by atoms with van der Waals surface area (Å²) in [5, 5.41) is 3.28. The molecule has 6 heteroatoms. The van der Waals surface area contributed by atoms with Crippen LogP contribution in [0.2, 0.25) is 0 Å². The first-order valence-electron chi connectivity index (χ1n) is 8.61. The van der Waals surface area contributed by atoms with E-state index in [0.717, 1.165) is 16.6 Å². The maximum absolute atomic E-state index is 12.8. The first-order valence-corrected chi connectivity index (χ1v) is 8.61. The number of H-pyrrole nitrogens is 1. The van der Waals surface area contributed by atoms with Crippen molar-refractivity contribution in [2.75, 3.05) is 6.54 Å². The number of benzene rings is 2. The average Bonchev–Trinajstić information content (AvgIpc) is 3.01. The van der Waals surface area contributed by atoms with Crippen LogP contribution in [0.25, 0.3) is 10.9 Å². The van der Waals surface area contributed by atoms with Gasteiger partial charge in [-0.05, 0) is 32.0 Å². The maximum Gasteiger partial charge on any atom is 0.326 e. The highest BCUT2D eigenvalue weighted by atomic mass is 16.5. The second-order valence-corrected chi connectivity index (χ2v) is 6.22. The monoisotopic (exact) mass is 364 g/mol.